The van der Waals surface area contributed by atoms with Crippen LogP contribution >= 0.6 is 0 Å². The van der Waals surface area contributed by atoms with Gasteiger partial charge in [0.1, 0.15) is 6.07 Å². The minimum absolute atomic E-state index is 0.358. The Morgan fingerprint density at radius 2 is 1.91 bits per heavy atom. The number of aromatic amines is 1. The van der Waals surface area contributed by atoms with Crippen LogP contribution in [0.3, 0.4) is 0 Å². The summed E-state index contributed by atoms with van der Waals surface area (Å²) in [5, 5.41) is 23.7. The average Bonchev–Trinajstić information content (AvgIpc) is 3.56. The van der Waals surface area contributed by atoms with Crippen molar-refractivity contribution in [2.45, 2.75) is 32.2 Å². The highest BCUT2D eigenvalue weighted by atomic mass is 16.4. The van der Waals surface area contributed by atoms with E-state index in [1.165, 1.54) is 0 Å². The van der Waals surface area contributed by atoms with Gasteiger partial charge in [-0.25, -0.2) is 24.5 Å². The molecule has 174 valence electrons. The van der Waals surface area contributed by atoms with Gasteiger partial charge in [-0.15, -0.1) is 0 Å². The number of carboxylic acid groups (broad SMARTS) is 2. The second kappa shape index (κ2) is 9.53. The molecule has 0 radical (unpaired) electrons. The summed E-state index contributed by atoms with van der Waals surface area (Å²) in [6, 6.07) is 4.50. The van der Waals surface area contributed by atoms with Crippen LogP contribution in [-0.2, 0) is 16.0 Å². The van der Waals surface area contributed by atoms with Gasteiger partial charge in [0, 0.05) is 25.0 Å². The van der Waals surface area contributed by atoms with Gasteiger partial charge in [0.15, 0.2) is 11.3 Å². The summed E-state index contributed by atoms with van der Waals surface area (Å²) < 4.78 is 2.19. The number of hydrogen-bond donors (Lipinski definition) is 3. The fraction of sp³-hybridized carbons (Fsp3) is 0.318. The van der Waals surface area contributed by atoms with E-state index >= 15 is 0 Å². The maximum Gasteiger partial charge on any atom is 0.414 e. The third-order valence-electron chi connectivity index (χ3n) is 5.77. The highest BCUT2D eigenvalue weighted by molar-refractivity contribution is 6.27. The van der Waals surface area contributed by atoms with Gasteiger partial charge < -0.3 is 20.1 Å². The van der Waals surface area contributed by atoms with Crippen LogP contribution in [0.15, 0.2) is 37.1 Å². The van der Waals surface area contributed by atoms with Crippen molar-refractivity contribution < 1.29 is 19.8 Å². The number of rotatable bonds is 4. The fourth-order valence-corrected chi connectivity index (χ4v) is 4.27. The van der Waals surface area contributed by atoms with Crippen molar-refractivity contribution in [1.82, 2.24) is 29.3 Å². The standard InChI is InChI=1S/C20H20N8.C2H2O4/c1-2-16-6-13(5-14-8-24-15(7-21)9-23-14)12-27(16)20-26-11-17-10-25-19-18(28(17)20)3-4-22-19;3-1(4)2(5)6/h3-4,8-11,13,16,22H,2,5-6,12H2,1H3;(H,3,4)(H,5,6)/t13-,16+;/m0./s1. The van der Waals surface area contributed by atoms with Crippen molar-refractivity contribution in [1.29, 1.82) is 5.26 Å². The third-order valence-corrected chi connectivity index (χ3v) is 5.77. The van der Waals surface area contributed by atoms with Crippen LogP contribution in [0.4, 0.5) is 5.95 Å². The van der Waals surface area contributed by atoms with Crippen LogP contribution in [0.25, 0.3) is 16.7 Å². The fourth-order valence-electron chi connectivity index (χ4n) is 4.27. The van der Waals surface area contributed by atoms with Gasteiger partial charge in [-0.05, 0) is 31.2 Å². The van der Waals surface area contributed by atoms with Gasteiger partial charge in [0.2, 0.25) is 5.95 Å². The number of imidazole rings is 1. The van der Waals surface area contributed by atoms with E-state index in [2.05, 4.69) is 36.2 Å². The molecule has 34 heavy (non-hydrogen) atoms. The average molecular weight is 462 g/mol. The summed E-state index contributed by atoms with van der Waals surface area (Å²) in [7, 11) is 0. The Balaban J connectivity index is 0.000000408. The van der Waals surface area contributed by atoms with Gasteiger partial charge in [-0.1, -0.05) is 6.92 Å². The molecule has 0 unspecified atom stereocenters. The third kappa shape index (κ3) is 4.49. The summed E-state index contributed by atoms with van der Waals surface area (Å²) in [4.78, 5) is 41.5. The number of carboxylic acids is 2. The van der Waals surface area contributed by atoms with Gasteiger partial charge >= 0.3 is 11.9 Å². The second-order valence-electron chi connectivity index (χ2n) is 7.92. The summed E-state index contributed by atoms with van der Waals surface area (Å²) in [5.41, 5.74) is 4.20. The van der Waals surface area contributed by atoms with Crippen molar-refractivity contribution in [3.8, 4) is 6.07 Å². The molecule has 12 heteroatoms. The number of anilines is 1. The first kappa shape index (κ1) is 22.7. The molecule has 1 saturated heterocycles. The van der Waals surface area contributed by atoms with Gasteiger partial charge in [-0.3, -0.25) is 9.38 Å². The quantitative estimate of drug-likeness (QED) is 0.380. The zero-order chi connectivity index (χ0) is 24.2. The summed E-state index contributed by atoms with van der Waals surface area (Å²) in [6.07, 6.45) is 11.9. The van der Waals surface area contributed by atoms with Crippen molar-refractivity contribution in [2.24, 2.45) is 5.92 Å². The minimum atomic E-state index is -1.82. The lowest BCUT2D eigenvalue weighted by Crippen LogP contribution is -2.30. The molecule has 1 aliphatic heterocycles. The second-order valence-corrected chi connectivity index (χ2v) is 7.92. The van der Waals surface area contributed by atoms with Crippen molar-refractivity contribution in [2.75, 3.05) is 11.4 Å². The molecule has 0 aromatic carbocycles. The highest BCUT2D eigenvalue weighted by Crippen LogP contribution is 2.33. The van der Waals surface area contributed by atoms with E-state index in [1.54, 1.807) is 12.4 Å². The molecule has 0 spiro atoms. The maximum absolute atomic E-state index is 9.10. The minimum Gasteiger partial charge on any atom is -0.473 e. The van der Waals surface area contributed by atoms with Crippen LogP contribution in [0.1, 0.15) is 31.2 Å². The molecule has 1 aliphatic rings. The molecule has 4 aromatic heterocycles. The molecule has 2 atom stereocenters. The largest absolute Gasteiger partial charge is 0.473 e. The molecular formula is C22H22N8O4. The first-order valence-electron chi connectivity index (χ1n) is 10.6. The number of hydrogen-bond acceptors (Lipinski definition) is 8. The lowest BCUT2D eigenvalue weighted by Gasteiger charge is -2.24. The van der Waals surface area contributed by atoms with Crippen molar-refractivity contribution in [3.63, 3.8) is 0 Å². The predicted molar refractivity (Wildman–Crippen MR) is 120 cm³/mol. The topological polar surface area (TPSA) is 173 Å². The molecule has 5 heterocycles. The summed E-state index contributed by atoms with van der Waals surface area (Å²) in [5.74, 6) is -2.20. The number of aliphatic carboxylic acids is 2. The lowest BCUT2D eigenvalue weighted by atomic mass is 9.99. The molecule has 0 bridgehead atoms. The first-order valence-corrected chi connectivity index (χ1v) is 10.6. The van der Waals surface area contributed by atoms with Crippen LogP contribution in [-0.4, -0.2) is 64.1 Å². The number of fused-ring (bicyclic) bond motifs is 3. The van der Waals surface area contributed by atoms with E-state index in [9.17, 15) is 0 Å². The highest BCUT2D eigenvalue weighted by Gasteiger charge is 2.33. The molecule has 12 nitrogen and oxygen atoms in total. The number of H-pyrrole nitrogens is 1. The van der Waals surface area contributed by atoms with Crippen LogP contribution in [0, 0.1) is 17.2 Å². The van der Waals surface area contributed by atoms with Crippen LogP contribution in [0.2, 0.25) is 0 Å². The summed E-state index contributed by atoms with van der Waals surface area (Å²) in [6.45, 7) is 3.15. The molecule has 4 aromatic rings. The number of aromatic nitrogens is 6. The van der Waals surface area contributed by atoms with E-state index < -0.39 is 11.9 Å². The van der Waals surface area contributed by atoms with Crippen molar-refractivity contribution in [3.05, 3.63) is 48.4 Å². The Morgan fingerprint density at radius 3 is 2.56 bits per heavy atom. The number of nitrogens with one attached hydrogen (secondary N) is 1. The molecule has 3 N–H and O–H groups in total. The Morgan fingerprint density at radius 1 is 1.15 bits per heavy atom. The zero-order valence-electron chi connectivity index (χ0n) is 18.3. The van der Waals surface area contributed by atoms with E-state index in [-0.39, 0.29) is 0 Å². The number of nitrogens with zero attached hydrogens (tertiary/aromatic N) is 7. The van der Waals surface area contributed by atoms with Gasteiger partial charge in [0.25, 0.3) is 0 Å². The number of nitriles is 1. The molecule has 0 aliphatic carbocycles. The van der Waals surface area contributed by atoms with E-state index in [0.29, 0.717) is 17.7 Å². The molecule has 0 saturated carbocycles. The molecule has 5 rings (SSSR count). The first-order chi connectivity index (χ1) is 16.4. The predicted octanol–water partition coefficient (Wildman–Crippen LogP) is 1.88. The molecule has 1 fully saturated rings. The maximum atomic E-state index is 9.10. The van der Waals surface area contributed by atoms with E-state index in [1.807, 2.05) is 30.7 Å². The molecular weight excluding hydrogens is 440 g/mol. The monoisotopic (exact) mass is 462 g/mol. The molecule has 0 amide bonds. The Labute approximate surface area is 193 Å². The summed E-state index contributed by atoms with van der Waals surface area (Å²) >= 11 is 0. The van der Waals surface area contributed by atoms with Crippen LogP contribution < -0.4 is 4.90 Å². The van der Waals surface area contributed by atoms with E-state index in [0.717, 1.165) is 54.1 Å². The van der Waals surface area contributed by atoms with E-state index in [4.69, 9.17) is 30.0 Å². The Bertz CT molecular complexity index is 1360. The number of carbonyl (C=O) groups is 2. The smallest absolute Gasteiger partial charge is 0.414 e. The lowest BCUT2D eigenvalue weighted by molar-refractivity contribution is -0.159. The Kier molecular flexibility index (Phi) is 6.35. The van der Waals surface area contributed by atoms with Crippen LogP contribution in [0.5, 0.6) is 0 Å². The SMILES string of the molecule is CC[C@@H]1C[C@H](Cc2cnc(C#N)cn2)CN1c1ncc2cnc3[nH]ccc3n12.O=C(O)C(=O)O. The van der Waals surface area contributed by atoms with Crippen molar-refractivity contribution >= 4 is 34.6 Å². The Hall–Kier alpha value is -4.53. The van der Waals surface area contributed by atoms with Gasteiger partial charge in [0.05, 0.1) is 35.3 Å². The zero-order valence-corrected chi connectivity index (χ0v) is 18.3. The normalized spacial score (nSPS) is 17.4. The van der Waals surface area contributed by atoms with Gasteiger partial charge in [-0.2, -0.15) is 5.26 Å².